The molecule has 0 radical (unpaired) electrons. The van der Waals surface area contributed by atoms with Crippen molar-refractivity contribution >= 4 is 43.5 Å². The van der Waals surface area contributed by atoms with Crippen LogP contribution in [0.5, 0.6) is 0 Å². The number of thioether (sulfide) groups is 1. The molecule has 1 aromatic carbocycles. The highest BCUT2D eigenvalue weighted by atomic mass is 32.2. The molecule has 25 heavy (non-hydrogen) atoms. The maximum atomic E-state index is 13.1. The van der Waals surface area contributed by atoms with E-state index in [1.54, 1.807) is 10.8 Å². The van der Waals surface area contributed by atoms with Crippen LogP contribution in [0.4, 0.5) is 0 Å². The zero-order chi connectivity index (χ0) is 17.4. The van der Waals surface area contributed by atoms with Gasteiger partial charge in [-0.15, -0.1) is 11.3 Å². The van der Waals surface area contributed by atoms with E-state index in [1.165, 1.54) is 28.7 Å². The maximum absolute atomic E-state index is 13.1. The van der Waals surface area contributed by atoms with Crippen LogP contribution in [-0.2, 0) is 6.54 Å². The Labute approximate surface area is 153 Å². The van der Waals surface area contributed by atoms with Crippen molar-refractivity contribution in [1.29, 1.82) is 0 Å². The Morgan fingerprint density at radius 2 is 2.00 bits per heavy atom. The van der Waals surface area contributed by atoms with Gasteiger partial charge in [0.25, 0.3) is 5.56 Å². The van der Waals surface area contributed by atoms with E-state index < -0.39 is 0 Å². The Balaban J connectivity index is 1.87. The van der Waals surface area contributed by atoms with E-state index in [0.717, 1.165) is 20.9 Å². The van der Waals surface area contributed by atoms with Crippen molar-refractivity contribution in [3.8, 4) is 0 Å². The van der Waals surface area contributed by atoms with Crippen LogP contribution in [0.3, 0.4) is 0 Å². The number of fused-ring (bicyclic) bond motifs is 3. The average Bonchev–Trinajstić information content (AvgIpc) is 3.03. The van der Waals surface area contributed by atoms with Gasteiger partial charge in [0.2, 0.25) is 0 Å². The second-order valence-corrected chi connectivity index (χ2v) is 7.73. The molecule has 3 aromatic heterocycles. The molecule has 126 valence electrons. The fourth-order valence-corrected chi connectivity index (χ4v) is 4.61. The predicted molar refractivity (Wildman–Crippen MR) is 106 cm³/mol. The van der Waals surface area contributed by atoms with Crippen LogP contribution in [-0.4, -0.2) is 20.8 Å². The van der Waals surface area contributed by atoms with Crippen molar-refractivity contribution in [2.75, 3.05) is 6.26 Å². The van der Waals surface area contributed by atoms with Crippen LogP contribution in [0.2, 0.25) is 0 Å². The van der Waals surface area contributed by atoms with Gasteiger partial charge in [-0.2, -0.15) is 0 Å². The minimum Gasteiger partial charge on any atom is -0.286 e. The van der Waals surface area contributed by atoms with Crippen LogP contribution < -0.4 is 5.56 Å². The summed E-state index contributed by atoms with van der Waals surface area (Å²) in [7, 11) is 0. The summed E-state index contributed by atoms with van der Waals surface area (Å²) in [6.07, 6.45) is 3.72. The van der Waals surface area contributed by atoms with Gasteiger partial charge in [0.1, 0.15) is 9.53 Å². The Kier molecular flexibility index (Phi) is 4.31. The summed E-state index contributed by atoms with van der Waals surface area (Å²) < 4.78 is 2.49. The lowest BCUT2D eigenvalue weighted by molar-refractivity contribution is 0.532. The van der Waals surface area contributed by atoms with Crippen molar-refractivity contribution in [3.63, 3.8) is 0 Å². The number of thiophene rings is 1. The standard InChI is InChI=1S/C19H17N3OS2/c1-12(13-7-4-3-5-8-13)11-22-18(23)16-15(21-19(22)24-2)14-9-6-10-20-17(14)25-16/h3-10,12H,11H2,1-2H3. The Hall–Kier alpha value is -2.18. The van der Waals surface area contributed by atoms with E-state index in [4.69, 9.17) is 4.98 Å². The van der Waals surface area contributed by atoms with Gasteiger partial charge in [0, 0.05) is 18.1 Å². The molecule has 4 aromatic rings. The molecule has 0 aliphatic carbocycles. The van der Waals surface area contributed by atoms with E-state index in [1.807, 2.05) is 36.6 Å². The van der Waals surface area contributed by atoms with Gasteiger partial charge < -0.3 is 0 Å². The topological polar surface area (TPSA) is 47.8 Å². The summed E-state index contributed by atoms with van der Waals surface area (Å²) in [5.41, 5.74) is 2.02. The van der Waals surface area contributed by atoms with Gasteiger partial charge in [-0.05, 0) is 29.9 Å². The highest BCUT2D eigenvalue weighted by Gasteiger charge is 2.18. The molecule has 1 atom stereocenters. The molecule has 0 N–H and O–H groups in total. The summed E-state index contributed by atoms with van der Waals surface area (Å²) in [6, 6.07) is 14.1. The summed E-state index contributed by atoms with van der Waals surface area (Å²) in [5, 5.41) is 1.71. The smallest absolute Gasteiger partial charge is 0.272 e. The van der Waals surface area contributed by atoms with E-state index in [0.29, 0.717) is 11.2 Å². The number of benzene rings is 1. The summed E-state index contributed by atoms with van der Waals surface area (Å²) in [4.78, 5) is 23.2. The van der Waals surface area contributed by atoms with E-state index in [-0.39, 0.29) is 11.5 Å². The first kappa shape index (κ1) is 16.3. The van der Waals surface area contributed by atoms with Crippen LogP contribution >= 0.6 is 23.1 Å². The molecule has 6 heteroatoms. The van der Waals surface area contributed by atoms with Crippen molar-refractivity contribution in [2.24, 2.45) is 0 Å². The molecule has 0 saturated heterocycles. The first-order valence-electron chi connectivity index (χ1n) is 8.06. The Bertz CT molecular complexity index is 1100. The average molecular weight is 367 g/mol. The van der Waals surface area contributed by atoms with Gasteiger partial charge in [-0.1, -0.05) is 49.0 Å². The number of hydrogen-bond acceptors (Lipinski definition) is 5. The largest absolute Gasteiger partial charge is 0.286 e. The minimum absolute atomic E-state index is 0.0279. The Morgan fingerprint density at radius 3 is 2.76 bits per heavy atom. The molecule has 4 rings (SSSR count). The molecule has 4 nitrogen and oxygen atoms in total. The molecule has 0 saturated carbocycles. The summed E-state index contributed by atoms with van der Waals surface area (Å²) in [5.74, 6) is 0.233. The zero-order valence-electron chi connectivity index (χ0n) is 14.0. The molecular weight excluding hydrogens is 350 g/mol. The lowest BCUT2D eigenvalue weighted by Gasteiger charge is -2.16. The fourth-order valence-electron chi connectivity index (χ4n) is 3.02. The van der Waals surface area contributed by atoms with Gasteiger partial charge in [0.15, 0.2) is 5.16 Å². The second-order valence-electron chi connectivity index (χ2n) is 5.96. The third-order valence-electron chi connectivity index (χ3n) is 4.33. The lowest BCUT2D eigenvalue weighted by atomic mass is 10.0. The molecule has 0 aliphatic heterocycles. The highest BCUT2D eigenvalue weighted by molar-refractivity contribution is 7.98. The number of hydrogen-bond donors (Lipinski definition) is 0. The highest BCUT2D eigenvalue weighted by Crippen LogP contribution is 2.30. The molecule has 0 aliphatic rings. The van der Waals surface area contributed by atoms with Crippen molar-refractivity contribution in [2.45, 2.75) is 24.5 Å². The molecule has 0 fully saturated rings. The number of nitrogens with zero attached hydrogens (tertiary/aromatic N) is 3. The monoisotopic (exact) mass is 367 g/mol. The molecular formula is C19H17N3OS2. The SMILES string of the molecule is CSc1nc2c(sc3ncccc32)c(=O)n1CC(C)c1ccccc1. The zero-order valence-corrected chi connectivity index (χ0v) is 15.6. The van der Waals surface area contributed by atoms with Gasteiger partial charge in [-0.25, -0.2) is 9.97 Å². The van der Waals surface area contributed by atoms with Gasteiger partial charge >= 0.3 is 0 Å². The molecule has 1 unspecified atom stereocenters. The van der Waals surface area contributed by atoms with Crippen LogP contribution in [0, 0.1) is 0 Å². The van der Waals surface area contributed by atoms with Crippen LogP contribution in [0.25, 0.3) is 20.4 Å². The van der Waals surface area contributed by atoms with Gasteiger partial charge in [0.05, 0.1) is 5.52 Å². The van der Waals surface area contributed by atoms with E-state index in [9.17, 15) is 4.79 Å². The van der Waals surface area contributed by atoms with Crippen molar-refractivity contribution in [1.82, 2.24) is 14.5 Å². The third kappa shape index (κ3) is 2.85. The van der Waals surface area contributed by atoms with Gasteiger partial charge in [-0.3, -0.25) is 9.36 Å². The fraction of sp³-hybridized carbons (Fsp3) is 0.211. The number of pyridine rings is 1. The first-order chi connectivity index (χ1) is 12.2. The quantitative estimate of drug-likeness (QED) is 0.393. The Morgan fingerprint density at radius 1 is 1.20 bits per heavy atom. The molecule has 0 spiro atoms. The molecule has 0 bridgehead atoms. The van der Waals surface area contributed by atoms with Crippen LogP contribution in [0.1, 0.15) is 18.4 Å². The van der Waals surface area contributed by atoms with Crippen molar-refractivity contribution in [3.05, 3.63) is 64.6 Å². The lowest BCUT2D eigenvalue weighted by Crippen LogP contribution is -2.24. The first-order valence-corrected chi connectivity index (χ1v) is 10.1. The second kappa shape index (κ2) is 6.61. The summed E-state index contributed by atoms with van der Waals surface area (Å²) >= 11 is 2.94. The third-order valence-corrected chi connectivity index (χ3v) is 6.09. The summed E-state index contributed by atoms with van der Waals surface area (Å²) in [6.45, 7) is 2.76. The van der Waals surface area contributed by atoms with E-state index >= 15 is 0 Å². The predicted octanol–water partition coefficient (Wildman–Crippen LogP) is 4.53. The number of aromatic nitrogens is 3. The molecule has 0 amide bonds. The van der Waals surface area contributed by atoms with Crippen molar-refractivity contribution < 1.29 is 0 Å². The van der Waals surface area contributed by atoms with Crippen LogP contribution in [0.15, 0.2) is 58.6 Å². The minimum atomic E-state index is 0.0279. The normalized spacial score (nSPS) is 12.7. The number of rotatable bonds is 4. The maximum Gasteiger partial charge on any atom is 0.272 e. The van der Waals surface area contributed by atoms with E-state index in [2.05, 4.69) is 24.0 Å². The molecule has 3 heterocycles.